The van der Waals surface area contributed by atoms with Gasteiger partial charge in [-0.05, 0) is 12.2 Å². The number of amides is 1. The standard InChI is InChI=1S/C11H11F6NO/c1-5-8(10(12,13)14)3-7(18-6(2)19)4-9(5)11(15,16)17/h3-5,8H,1-2H3,(H,18,19). The van der Waals surface area contributed by atoms with Crippen LogP contribution < -0.4 is 5.32 Å². The van der Waals surface area contributed by atoms with E-state index in [1.807, 2.05) is 5.32 Å². The second kappa shape index (κ2) is 4.90. The molecule has 108 valence electrons. The number of halogens is 6. The zero-order valence-electron chi connectivity index (χ0n) is 9.99. The normalized spacial score (nSPS) is 24.6. The molecule has 0 aliphatic heterocycles. The van der Waals surface area contributed by atoms with Crippen molar-refractivity contribution in [3.63, 3.8) is 0 Å². The van der Waals surface area contributed by atoms with Crippen molar-refractivity contribution in [2.45, 2.75) is 26.2 Å². The van der Waals surface area contributed by atoms with E-state index in [0.29, 0.717) is 12.2 Å². The number of alkyl halides is 6. The fraction of sp³-hybridized carbons (Fsp3) is 0.545. The van der Waals surface area contributed by atoms with Crippen molar-refractivity contribution in [1.29, 1.82) is 0 Å². The second-order valence-corrected chi connectivity index (χ2v) is 4.26. The summed E-state index contributed by atoms with van der Waals surface area (Å²) < 4.78 is 76.2. The summed E-state index contributed by atoms with van der Waals surface area (Å²) in [7, 11) is 0. The van der Waals surface area contributed by atoms with Crippen LogP contribution in [0.2, 0.25) is 0 Å². The van der Waals surface area contributed by atoms with Gasteiger partial charge in [0.05, 0.1) is 5.92 Å². The Morgan fingerprint density at radius 1 is 1.21 bits per heavy atom. The fourth-order valence-electron chi connectivity index (χ4n) is 1.88. The molecule has 19 heavy (non-hydrogen) atoms. The molecule has 0 saturated heterocycles. The lowest BCUT2D eigenvalue weighted by atomic mass is 9.81. The van der Waals surface area contributed by atoms with Gasteiger partial charge in [0.15, 0.2) is 0 Å². The molecule has 2 nitrogen and oxygen atoms in total. The molecule has 1 aliphatic rings. The highest BCUT2D eigenvalue weighted by Gasteiger charge is 2.50. The summed E-state index contributed by atoms with van der Waals surface area (Å²) in [6.45, 7) is 1.86. The first kappa shape index (κ1) is 15.6. The summed E-state index contributed by atoms with van der Waals surface area (Å²) in [6.07, 6.45) is -8.55. The van der Waals surface area contributed by atoms with Crippen molar-refractivity contribution in [1.82, 2.24) is 5.32 Å². The Bertz CT molecular complexity index is 431. The highest BCUT2D eigenvalue weighted by Crippen LogP contribution is 2.44. The van der Waals surface area contributed by atoms with Crippen LogP contribution in [-0.2, 0) is 4.79 Å². The van der Waals surface area contributed by atoms with E-state index in [2.05, 4.69) is 0 Å². The van der Waals surface area contributed by atoms with Crippen LogP contribution in [0.3, 0.4) is 0 Å². The van der Waals surface area contributed by atoms with E-state index in [0.717, 1.165) is 13.8 Å². The topological polar surface area (TPSA) is 29.1 Å². The maximum Gasteiger partial charge on any atom is 0.413 e. The van der Waals surface area contributed by atoms with Crippen LogP contribution in [0.15, 0.2) is 23.4 Å². The van der Waals surface area contributed by atoms with Gasteiger partial charge in [-0.3, -0.25) is 4.79 Å². The molecule has 2 unspecified atom stereocenters. The Kier molecular flexibility index (Phi) is 4.02. The van der Waals surface area contributed by atoms with Crippen molar-refractivity contribution >= 4 is 5.91 Å². The van der Waals surface area contributed by atoms with Gasteiger partial charge in [-0.15, -0.1) is 0 Å². The highest BCUT2D eigenvalue weighted by molar-refractivity contribution is 5.75. The van der Waals surface area contributed by atoms with Crippen molar-refractivity contribution in [3.8, 4) is 0 Å². The molecule has 0 radical (unpaired) electrons. The van der Waals surface area contributed by atoms with Gasteiger partial charge in [0, 0.05) is 24.1 Å². The maximum absolute atomic E-state index is 12.7. The Morgan fingerprint density at radius 3 is 2.11 bits per heavy atom. The molecule has 1 aliphatic carbocycles. The number of hydrogen-bond donors (Lipinski definition) is 1. The predicted molar refractivity (Wildman–Crippen MR) is 54.7 cm³/mol. The average molecular weight is 287 g/mol. The molecule has 1 rings (SSSR count). The summed E-state index contributed by atoms with van der Waals surface area (Å²) >= 11 is 0. The van der Waals surface area contributed by atoms with Gasteiger partial charge < -0.3 is 5.32 Å². The molecule has 0 aromatic rings. The number of hydrogen-bond acceptors (Lipinski definition) is 1. The average Bonchev–Trinajstić information content (AvgIpc) is 2.16. The molecule has 0 fully saturated rings. The summed E-state index contributed by atoms with van der Waals surface area (Å²) in [5.41, 5.74) is -1.79. The van der Waals surface area contributed by atoms with Crippen LogP contribution in [0.4, 0.5) is 26.3 Å². The van der Waals surface area contributed by atoms with Crippen LogP contribution >= 0.6 is 0 Å². The third-order valence-corrected chi connectivity index (χ3v) is 2.73. The van der Waals surface area contributed by atoms with Gasteiger partial charge in [0.2, 0.25) is 5.91 Å². The van der Waals surface area contributed by atoms with Gasteiger partial charge in [-0.2, -0.15) is 26.3 Å². The van der Waals surface area contributed by atoms with E-state index in [-0.39, 0.29) is 0 Å². The van der Waals surface area contributed by atoms with Crippen molar-refractivity contribution < 1.29 is 31.1 Å². The number of nitrogens with one attached hydrogen (secondary N) is 1. The minimum Gasteiger partial charge on any atom is -0.327 e. The first-order valence-electron chi connectivity index (χ1n) is 5.28. The van der Waals surface area contributed by atoms with Crippen LogP contribution in [-0.4, -0.2) is 18.3 Å². The van der Waals surface area contributed by atoms with E-state index in [4.69, 9.17) is 0 Å². The Balaban J connectivity index is 3.23. The summed E-state index contributed by atoms with van der Waals surface area (Å²) in [4.78, 5) is 10.8. The van der Waals surface area contributed by atoms with E-state index in [1.165, 1.54) is 0 Å². The van der Waals surface area contributed by atoms with Gasteiger partial charge in [-0.25, -0.2) is 0 Å². The molecule has 0 bridgehead atoms. The van der Waals surface area contributed by atoms with Crippen LogP contribution in [0.5, 0.6) is 0 Å². The SMILES string of the molecule is CC(=O)NC1=CC(C(F)(F)F)C(C)C(C(F)(F)F)=C1. The summed E-state index contributed by atoms with van der Waals surface area (Å²) in [6, 6.07) is 0. The van der Waals surface area contributed by atoms with Gasteiger partial charge in [0.1, 0.15) is 0 Å². The fourth-order valence-corrected chi connectivity index (χ4v) is 1.88. The first-order valence-corrected chi connectivity index (χ1v) is 5.28. The van der Waals surface area contributed by atoms with Crippen molar-refractivity contribution in [3.05, 3.63) is 23.4 Å². The number of carbonyl (C=O) groups excluding carboxylic acids is 1. The smallest absolute Gasteiger partial charge is 0.327 e. The van der Waals surface area contributed by atoms with Crippen molar-refractivity contribution in [2.75, 3.05) is 0 Å². The van der Waals surface area contributed by atoms with E-state index >= 15 is 0 Å². The van der Waals surface area contributed by atoms with E-state index in [9.17, 15) is 31.1 Å². The molecule has 2 atom stereocenters. The Morgan fingerprint density at radius 2 is 1.74 bits per heavy atom. The first-order chi connectivity index (χ1) is 8.43. The summed E-state index contributed by atoms with van der Waals surface area (Å²) in [5, 5.41) is 1.95. The van der Waals surface area contributed by atoms with Gasteiger partial charge >= 0.3 is 12.4 Å². The molecular weight excluding hydrogens is 276 g/mol. The minimum atomic E-state index is -4.87. The zero-order chi connectivity index (χ0) is 15.0. The largest absolute Gasteiger partial charge is 0.413 e. The van der Waals surface area contributed by atoms with Gasteiger partial charge in [0.25, 0.3) is 0 Å². The summed E-state index contributed by atoms with van der Waals surface area (Å²) in [5.74, 6) is -4.77. The Labute approximate surface area is 105 Å². The molecule has 0 aromatic carbocycles. The molecule has 1 N–H and O–H groups in total. The number of rotatable bonds is 1. The number of carbonyl (C=O) groups is 1. The second-order valence-electron chi connectivity index (χ2n) is 4.26. The molecule has 0 saturated carbocycles. The third kappa shape index (κ3) is 3.74. The third-order valence-electron chi connectivity index (χ3n) is 2.73. The number of allylic oxidation sites excluding steroid dienone is 3. The van der Waals surface area contributed by atoms with E-state index < -0.39 is 41.4 Å². The van der Waals surface area contributed by atoms with Crippen LogP contribution in [0.1, 0.15) is 13.8 Å². The maximum atomic E-state index is 12.7. The highest BCUT2D eigenvalue weighted by atomic mass is 19.4. The lowest BCUT2D eigenvalue weighted by molar-refractivity contribution is -0.177. The molecule has 0 spiro atoms. The molecule has 0 heterocycles. The Hall–Kier alpha value is -1.47. The zero-order valence-corrected chi connectivity index (χ0v) is 9.99. The quantitative estimate of drug-likeness (QED) is 0.736. The minimum absolute atomic E-state index is 0.486. The molecule has 0 aromatic heterocycles. The molecule has 1 amide bonds. The lowest BCUT2D eigenvalue weighted by Gasteiger charge is -2.31. The lowest BCUT2D eigenvalue weighted by Crippen LogP contribution is -2.36. The van der Waals surface area contributed by atoms with Crippen LogP contribution in [0, 0.1) is 11.8 Å². The predicted octanol–water partition coefficient (Wildman–Crippen LogP) is 3.32. The monoisotopic (exact) mass is 287 g/mol. The van der Waals surface area contributed by atoms with Crippen molar-refractivity contribution in [2.24, 2.45) is 11.8 Å². The van der Waals surface area contributed by atoms with Crippen LogP contribution in [0.25, 0.3) is 0 Å². The molecular formula is C11H11F6NO. The van der Waals surface area contributed by atoms with E-state index in [1.54, 1.807) is 0 Å². The van der Waals surface area contributed by atoms with Gasteiger partial charge in [-0.1, -0.05) is 6.92 Å². The molecule has 8 heteroatoms.